The molecule has 1 fully saturated rings. The first-order valence-electron chi connectivity index (χ1n) is 7.01. The predicted molar refractivity (Wildman–Crippen MR) is 69.5 cm³/mol. The standard InChI is InChI=1S/C14H29NO/c1-4-14(5-2,16-3)13(15)12-10-8-6-7-9-11-12/h12-13H,4-11,15H2,1-3H3. The summed E-state index contributed by atoms with van der Waals surface area (Å²) < 4.78 is 5.77. The van der Waals surface area contributed by atoms with Crippen LogP contribution in [0.4, 0.5) is 0 Å². The highest BCUT2D eigenvalue weighted by Gasteiger charge is 2.37. The van der Waals surface area contributed by atoms with Crippen LogP contribution >= 0.6 is 0 Å². The van der Waals surface area contributed by atoms with E-state index in [1.54, 1.807) is 0 Å². The maximum Gasteiger partial charge on any atom is 0.0826 e. The molecule has 1 rings (SSSR count). The van der Waals surface area contributed by atoms with E-state index in [2.05, 4.69) is 13.8 Å². The summed E-state index contributed by atoms with van der Waals surface area (Å²) in [6, 6.07) is 0.214. The van der Waals surface area contributed by atoms with Crippen LogP contribution in [-0.4, -0.2) is 18.8 Å². The van der Waals surface area contributed by atoms with Crippen LogP contribution in [0.3, 0.4) is 0 Å². The maximum absolute atomic E-state index is 6.50. The average molecular weight is 227 g/mol. The average Bonchev–Trinajstić information content (AvgIpc) is 2.60. The van der Waals surface area contributed by atoms with Gasteiger partial charge >= 0.3 is 0 Å². The number of hydrogen-bond acceptors (Lipinski definition) is 2. The third-order valence-electron chi connectivity index (χ3n) is 4.62. The molecule has 0 amide bonds. The Kier molecular flexibility index (Phi) is 5.77. The number of methoxy groups -OCH3 is 1. The second-order valence-corrected chi connectivity index (χ2v) is 5.25. The zero-order valence-corrected chi connectivity index (χ0v) is 11.3. The molecule has 0 spiro atoms. The Morgan fingerprint density at radius 2 is 1.62 bits per heavy atom. The Morgan fingerprint density at radius 3 is 2.00 bits per heavy atom. The SMILES string of the molecule is CCC(CC)(OC)C(N)C1CCCCCC1. The molecule has 1 aliphatic rings. The van der Waals surface area contributed by atoms with E-state index in [1.165, 1.54) is 38.5 Å². The van der Waals surface area contributed by atoms with Gasteiger partial charge in [-0.25, -0.2) is 0 Å². The van der Waals surface area contributed by atoms with Gasteiger partial charge in [0.05, 0.1) is 5.60 Å². The van der Waals surface area contributed by atoms with E-state index in [9.17, 15) is 0 Å². The molecule has 0 bridgehead atoms. The van der Waals surface area contributed by atoms with Gasteiger partial charge in [0.25, 0.3) is 0 Å². The van der Waals surface area contributed by atoms with Crippen molar-refractivity contribution in [2.75, 3.05) is 7.11 Å². The van der Waals surface area contributed by atoms with Crippen LogP contribution in [0.5, 0.6) is 0 Å². The number of nitrogens with two attached hydrogens (primary N) is 1. The van der Waals surface area contributed by atoms with Crippen LogP contribution in [-0.2, 0) is 4.74 Å². The molecular weight excluding hydrogens is 198 g/mol. The molecule has 2 heteroatoms. The minimum absolute atomic E-state index is 0.0883. The van der Waals surface area contributed by atoms with E-state index in [0.717, 1.165) is 12.8 Å². The van der Waals surface area contributed by atoms with Gasteiger partial charge in [-0.3, -0.25) is 0 Å². The Labute approximate surface area is 101 Å². The predicted octanol–water partition coefficient (Wildman–Crippen LogP) is 3.49. The molecule has 0 aromatic heterocycles. The molecular formula is C14H29NO. The molecule has 1 atom stereocenters. The smallest absolute Gasteiger partial charge is 0.0826 e. The third-order valence-corrected chi connectivity index (χ3v) is 4.62. The highest BCUT2D eigenvalue weighted by molar-refractivity contribution is 4.93. The van der Waals surface area contributed by atoms with E-state index in [4.69, 9.17) is 10.5 Å². The zero-order valence-electron chi connectivity index (χ0n) is 11.3. The van der Waals surface area contributed by atoms with Crippen molar-refractivity contribution in [1.29, 1.82) is 0 Å². The summed E-state index contributed by atoms with van der Waals surface area (Å²) in [5.74, 6) is 0.669. The van der Waals surface area contributed by atoms with E-state index >= 15 is 0 Å². The molecule has 2 nitrogen and oxygen atoms in total. The topological polar surface area (TPSA) is 35.2 Å². The zero-order chi connectivity index (χ0) is 12.0. The van der Waals surface area contributed by atoms with Crippen molar-refractivity contribution < 1.29 is 4.74 Å². The highest BCUT2D eigenvalue weighted by atomic mass is 16.5. The molecule has 0 aliphatic heterocycles. The van der Waals surface area contributed by atoms with Crippen LogP contribution in [0.25, 0.3) is 0 Å². The van der Waals surface area contributed by atoms with Crippen molar-refractivity contribution in [2.24, 2.45) is 11.7 Å². The van der Waals surface area contributed by atoms with E-state index in [1.807, 2.05) is 7.11 Å². The molecule has 0 aromatic rings. The van der Waals surface area contributed by atoms with Gasteiger partial charge in [0.2, 0.25) is 0 Å². The lowest BCUT2D eigenvalue weighted by molar-refractivity contribution is -0.0535. The molecule has 1 saturated carbocycles. The summed E-state index contributed by atoms with van der Waals surface area (Å²) >= 11 is 0. The van der Waals surface area contributed by atoms with Crippen molar-refractivity contribution in [1.82, 2.24) is 0 Å². The van der Waals surface area contributed by atoms with Crippen molar-refractivity contribution in [3.05, 3.63) is 0 Å². The minimum atomic E-state index is -0.0883. The van der Waals surface area contributed by atoms with Gasteiger partial charge in [0.15, 0.2) is 0 Å². The molecule has 0 saturated heterocycles. The van der Waals surface area contributed by atoms with Crippen molar-refractivity contribution in [3.8, 4) is 0 Å². The van der Waals surface area contributed by atoms with Gasteiger partial charge in [0, 0.05) is 13.2 Å². The highest BCUT2D eigenvalue weighted by Crippen LogP contribution is 2.33. The Morgan fingerprint density at radius 1 is 1.12 bits per heavy atom. The van der Waals surface area contributed by atoms with Gasteiger partial charge in [-0.15, -0.1) is 0 Å². The maximum atomic E-state index is 6.50. The van der Waals surface area contributed by atoms with Gasteiger partial charge in [-0.2, -0.15) is 0 Å². The van der Waals surface area contributed by atoms with Crippen LogP contribution in [0.1, 0.15) is 65.2 Å². The lowest BCUT2D eigenvalue weighted by Gasteiger charge is -2.40. The largest absolute Gasteiger partial charge is 0.377 e. The Balaban J connectivity index is 2.67. The molecule has 0 heterocycles. The van der Waals surface area contributed by atoms with Crippen molar-refractivity contribution in [2.45, 2.75) is 76.9 Å². The first-order valence-corrected chi connectivity index (χ1v) is 7.01. The summed E-state index contributed by atoms with van der Waals surface area (Å²) in [4.78, 5) is 0. The molecule has 0 radical (unpaired) electrons. The van der Waals surface area contributed by atoms with Crippen LogP contribution in [0, 0.1) is 5.92 Å². The lowest BCUT2D eigenvalue weighted by atomic mass is 9.78. The van der Waals surface area contributed by atoms with Crippen LogP contribution in [0.15, 0.2) is 0 Å². The van der Waals surface area contributed by atoms with Crippen LogP contribution in [0.2, 0.25) is 0 Å². The molecule has 2 N–H and O–H groups in total. The second-order valence-electron chi connectivity index (χ2n) is 5.25. The van der Waals surface area contributed by atoms with E-state index in [0.29, 0.717) is 5.92 Å². The van der Waals surface area contributed by atoms with Crippen molar-refractivity contribution >= 4 is 0 Å². The summed E-state index contributed by atoms with van der Waals surface area (Å²) in [5, 5.41) is 0. The molecule has 1 aliphatic carbocycles. The number of rotatable bonds is 5. The number of hydrogen-bond donors (Lipinski definition) is 1. The summed E-state index contributed by atoms with van der Waals surface area (Å²) in [6.45, 7) is 4.40. The Hall–Kier alpha value is -0.0800. The first kappa shape index (κ1) is 14.0. The fraction of sp³-hybridized carbons (Fsp3) is 1.00. The van der Waals surface area contributed by atoms with Gasteiger partial charge in [-0.1, -0.05) is 39.5 Å². The molecule has 96 valence electrons. The summed E-state index contributed by atoms with van der Waals surface area (Å²) in [7, 11) is 1.82. The van der Waals surface area contributed by atoms with Gasteiger partial charge < -0.3 is 10.5 Å². The molecule has 1 unspecified atom stereocenters. The Bertz CT molecular complexity index is 173. The fourth-order valence-electron chi connectivity index (χ4n) is 3.25. The normalized spacial score (nSPS) is 21.8. The first-order chi connectivity index (χ1) is 7.70. The lowest BCUT2D eigenvalue weighted by Crippen LogP contribution is -2.52. The number of ether oxygens (including phenoxy) is 1. The molecule has 16 heavy (non-hydrogen) atoms. The van der Waals surface area contributed by atoms with Gasteiger partial charge in [-0.05, 0) is 31.6 Å². The molecule has 0 aromatic carbocycles. The third kappa shape index (κ3) is 2.98. The fourth-order valence-corrected chi connectivity index (χ4v) is 3.25. The monoisotopic (exact) mass is 227 g/mol. The van der Waals surface area contributed by atoms with Crippen molar-refractivity contribution in [3.63, 3.8) is 0 Å². The summed E-state index contributed by atoms with van der Waals surface area (Å²) in [5.41, 5.74) is 6.42. The van der Waals surface area contributed by atoms with Gasteiger partial charge in [0.1, 0.15) is 0 Å². The summed E-state index contributed by atoms with van der Waals surface area (Å²) in [6.07, 6.45) is 10.1. The van der Waals surface area contributed by atoms with E-state index in [-0.39, 0.29) is 11.6 Å². The van der Waals surface area contributed by atoms with E-state index < -0.39 is 0 Å². The quantitative estimate of drug-likeness (QED) is 0.730. The second kappa shape index (κ2) is 6.61. The van der Waals surface area contributed by atoms with Crippen LogP contribution < -0.4 is 5.73 Å². The minimum Gasteiger partial charge on any atom is -0.377 e.